The first kappa shape index (κ1) is 31.3. The van der Waals surface area contributed by atoms with Crippen molar-refractivity contribution in [2.24, 2.45) is 15.7 Å². The second-order valence-corrected chi connectivity index (χ2v) is 14.3. The molecular weight excluding hydrogens is 599 g/mol. The standard InChI is InChI=1S/C17H20N4S.C12H11N3S.C5H12N2/c1-12-11-13-16(21-9-7-20(2)8-10-21)18-14-5-3-4-6-15(14)19-17(13)22-12;1-7-6-8-11(13)14-9-4-2-3-5-10(9)15-12(8)16-7;1-7-4-2-6-3-5-7/h3-6,11,19H,7-10H2,1-2H3;2-6,15H,1H3,(H2,13,14);6H,2-5H2,1H3. The lowest BCUT2D eigenvalue weighted by Crippen LogP contribution is -2.47. The number of piperazine rings is 2. The monoisotopic (exact) mass is 641 g/mol. The molecule has 4 aliphatic rings. The molecule has 8 rings (SSSR count). The van der Waals surface area contributed by atoms with E-state index in [0.29, 0.717) is 5.84 Å². The maximum absolute atomic E-state index is 5.99. The van der Waals surface area contributed by atoms with E-state index < -0.39 is 0 Å². The molecule has 4 aromatic rings. The van der Waals surface area contributed by atoms with Gasteiger partial charge in [0.1, 0.15) is 21.7 Å². The zero-order chi connectivity index (χ0) is 31.3. The van der Waals surface area contributed by atoms with Gasteiger partial charge in [-0.05, 0) is 64.3 Å². The predicted octanol–water partition coefficient (Wildman–Crippen LogP) is 6.11. The van der Waals surface area contributed by atoms with Crippen molar-refractivity contribution in [1.29, 1.82) is 0 Å². The number of rotatable bonds is 0. The molecule has 0 unspecified atom stereocenters. The van der Waals surface area contributed by atoms with Gasteiger partial charge >= 0.3 is 0 Å². The molecule has 45 heavy (non-hydrogen) atoms. The Morgan fingerprint density at radius 2 is 1.18 bits per heavy atom. The van der Waals surface area contributed by atoms with Crippen LogP contribution in [-0.2, 0) is 0 Å². The SMILES string of the molecule is CN1CCNCC1.Cc1cc2c(s1)Nc1ccccc1N=C2N.Cc1cc2c(s1)Nc1ccccc1N=C2N1CCN(C)CC1. The lowest BCUT2D eigenvalue weighted by molar-refractivity contribution is 0.216. The third kappa shape index (κ3) is 7.57. The Kier molecular flexibility index (Phi) is 9.82. The van der Waals surface area contributed by atoms with E-state index in [1.807, 2.05) is 24.3 Å². The first-order valence-electron chi connectivity index (χ1n) is 15.5. The molecule has 236 valence electrons. The number of nitrogens with two attached hydrogens (primary N) is 1. The molecule has 0 atom stereocenters. The van der Waals surface area contributed by atoms with E-state index in [4.69, 9.17) is 10.7 Å². The molecule has 5 N–H and O–H groups in total. The highest BCUT2D eigenvalue weighted by molar-refractivity contribution is 7.17. The van der Waals surface area contributed by atoms with Crippen molar-refractivity contribution in [3.8, 4) is 0 Å². The number of benzene rings is 2. The van der Waals surface area contributed by atoms with Gasteiger partial charge in [-0.1, -0.05) is 24.3 Å². The van der Waals surface area contributed by atoms with Gasteiger partial charge in [-0.3, -0.25) is 0 Å². The number of hydrogen-bond donors (Lipinski definition) is 4. The summed E-state index contributed by atoms with van der Waals surface area (Å²) in [4.78, 5) is 19.1. The topological polar surface area (TPSA) is 96.5 Å². The molecule has 4 aliphatic heterocycles. The van der Waals surface area contributed by atoms with E-state index in [1.54, 1.807) is 22.7 Å². The van der Waals surface area contributed by atoms with Gasteiger partial charge in [0, 0.05) is 62.1 Å². The lowest BCUT2D eigenvalue weighted by atomic mass is 10.2. The van der Waals surface area contributed by atoms with Crippen LogP contribution in [0.15, 0.2) is 70.6 Å². The normalized spacial score (nSPS) is 17.5. The zero-order valence-corrected chi connectivity index (χ0v) is 28.2. The average Bonchev–Trinajstić information content (AvgIpc) is 3.51. The molecule has 0 spiro atoms. The third-order valence-electron chi connectivity index (χ3n) is 8.14. The molecule has 9 nitrogen and oxygen atoms in total. The maximum Gasteiger partial charge on any atom is 0.139 e. The number of likely N-dealkylation sites (N-methyl/N-ethyl adjacent to an activating group) is 2. The van der Waals surface area contributed by atoms with Crippen molar-refractivity contribution in [1.82, 2.24) is 20.0 Å². The van der Waals surface area contributed by atoms with Crippen molar-refractivity contribution in [2.75, 3.05) is 77.1 Å². The Hall–Kier alpha value is -3.74. The van der Waals surface area contributed by atoms with Crippen molar-refractivity contribution in [3.05, 3.63) is 81.5 Å². The van der Waals surface area contributed by atoms with E-state index in [9.17, 15) is 0 Å². The third-order valence-corrected chi connectivity index (χ3v) is 10.1. The summed E-state index contributed by atoms with van der Waals surface area (Å²) >= 11 is 3.51. The van der Waals surface area contributed by atoms with Gasteiger partial charge < -0.3 is 36.4 Å². The van der Waals surface area contributed by atoms with E-state index in [0.717, 1.165) is 78.4 Å². The van der Waals surface area contributed by atoms with Crippen LogP contribution in [0, 0.1) is 13.8 Å². The molecule has 11 heteroatoms. The maximum atomic E-state index is 5.99. The van der Waals surface area contributed by atoms with Crippen LogP contribution in [0.1, 0.15) is 20.9 Å². The molecule has 2 fully saturated rings. The van der Waals surface area contributed by atoms with Crippen molar-refractivity contribution >= 4 is 67.1 Å². The molecular formula is C34H43N9S2. The molecule has 0 bridgehead atoms. The highest BCUT2D eigenvalue weighted by Crippen LogP contribution is 2.39. The fourth-order valence-corrected chi connectivity index (χ4v) is 7.42. The summed E-state index contributed by atoms with van der Waals surface area (Å²) in [6.45, 7) is 13.2. The number of nitrogens with zero attached hydrogens (tertiary/aromatic N) is 5. The summed E-state index contributed by atoms with van der Waals surface area (Å²) in [5.74, 6) is 1.70. The first-order chi connectivity index (χ1) is 21.8. The van der Waals surface area contributed by atoms with Crippen molar-refractivity contribution in [2.45, 2.75) is 13.8 Å². The Morgan fingerprint density at radius 3 is 1.76 bits per heavy atom. The molecule has 6 heterocycles. The summed E-state index contributed by atoms with van der Waals surface area (Å²) in [5.41, 5.74) is 12.2. The highest BCUT2D eigenvalue weighted by atomic mass is 32.1. The quantitative estimate of drug-likeness (QED) is 0.184. The van der Waals surface area contributed by atoms with Gasteiger partial charge in [-0.2, -0.15) is 0 Å². The summed E-state index contributed by atoms with van der Waals surface area (Å²) in [5, 5.41) is 12.5. The van der Waals surface area contributed by atoms with Gasteiger partial charge in [-0.25, -0.2) is 9.98 Å². The molecule has 2 aromatic carbocycles. The second-order valence-electron chi connectivity index (χ2n) is 11.8. The second kappa shape index (κ2) is 14.1. The summed E-state index contributed by atoms with van der Waals surface area (Å²) in [6.07, 6.45) is 0. The Bertz CT molecular complexity index is 1670. The summed E-state index contributed by atoms with van der Waals surface area (Å²) in [6, 6.07) is 20.5. The van der Waals surface area contributed by atoms with Crippen molar-refractivity contribution < 1.29 is 0 Å². The highest BCUT2D eigenvalue weighted by Gasteiger charge is 2.25. The van der Waals surface area contributed by atoms with Gasteiger partial charge in [0.05, 0.1) is 33.9 Å². The van der Waals surface area contributed by atoms with Gasteiger partial charge in [0.15, 0.2) is 0 Å². The van der Waals surface area contributed by atoms with Crippen LogP contribution in [0.2, 0.25) is 0 Å². The number of amidine groups is 2. The Labute approximate surface area is 274 Å². The number of anilines is 4. The molecule has 0 aliphatic carbocycles. The predicted molar refractivity (Wildman–Crippen MR) is 194 cm³/mol. The number of para-hydroxylation sites is 4. The van der Waals surface area contributed by atoms with Gasteiger partial charge in [0.2, 0.25) is 0 Å². The molecule has 0 saturated carbocycles. The van der Waals surface area contributed by atoms with Crippen LogP contribution in [0.4, 0.5) is 32.8 Å². The largest absolute Gasteiger partial charge is 0.383 e. The number of fused-ring (bicyclic) bond motifs is 4. The molecule has 0 radical (unpaired) electrons. The first-order valence-corrected chi connectivity index (χ1v) is 17.2. The minimum Gasteiger partial charge on any atom is -0.383 e. The minimum absolute atomic E-state index is 0.580. The van der Waals surface area contributed by atoms with Gasteiger partial charge in [-0.15, -0.1) is 22.7 Å². The fourth-order valence-electron chi connectivity index (χ4n) is 5.57. The number of aryl methyl sites for hydroxylation is 2. The van der Waals surface area contributed by atoms with Crippen LogP contribution in [0.3, 0.4) is 0 Å². The van der Waals surface area contributed by atoms with Gasteiger partial charge in [0.25, 0.3) is 0 Å². The van der Waals surface area contributed by atoms with E-state index >= 15 is 0 Å². The fraction of sp³-hybridized carbons (Fsp3) is 0.353. The Morgan fingerprint density at radius 1 is 0.667 bits per heavy atom. The molecule has 2 saturated heterocycles. The Balaban J connectivity index is 0.000000135. The minimum atomic E-state index is 0.580. The van der Waals surface area contributed by atoms with Crippen LogP contribution >= 0.6 is 22.7 Å². The van der Waals surface area contributed by atoms with E-state index in [-0.39, 0.29) is 0 Å². The van der Waals surface area contributed by atoms with Crippen LogP contribution in [-0.4, -0.2) is 92.8 Å². The van der Waals surface area contributed by atoms with Crippen LogP contribution in [0.5, 0.6) is 0 Å². The van der Waals surface area contributed by atoms with Crippen LogP contribution in [0.25, 0.3) is 0 Å². The number of nitrogens with one attached hydrogen (secondary N) is 3. The summed E-state index contributed by atoms with van der Waals surface area (Å²) < 4.78 is 0. The van der Waals surface area contributed by atoms with E-state index in [2.05, 4.69) is 100.0 Å². The number of thiophene rings is 2. The molecule has 2 aromatic heterocycles. The summed E-state index contributed by atoms with van der Waals surface area (Å²) in [7, 11) is 4.34. The van der Waals surface area contributed by atoms with E-state index in [1.165, 1.54) is 33.4 Å². The number of aliphatic imine (C=N–C) groups is 2. The lowest BCUT2D eigenvalue weighted by Gasteiger charge is -2.34. The smallest absolute Gasteiger partial charge is 0.139 e. The zero-order valence-electron chi connectivity index (χ0n) is 26.6. The average molecular weight is 642 g/mol. The molecule has 0 amide bonds. The van der Waals surface area contributed by atoms with Crippen LogP contribution < -0.4 is 21.7 Å². The van der Waals surface area contributed by atoms with Crippen molar-refractivity contribution in [3.63, 3.8) is 0 Å². The number of hydrogen-bond acceptors (Lipinski definition) is 11.